The summed E-state index contributed by atoms with van der Waals surface area (Å²) in [7, 11) is 0. The molecule has 0 aliphatic heterocycles. The van der Waals surface area contributed by atoms with E-state index in [1.807, 2.05) is 24.3 Å². The highest BCUT2D eigenvalue weighted by atomic mass is 79.9. The van der Waals surface area contributed by atoms with Crippen LogP contribution in [0.3, 0.4) is 0 Å². The van der Waals surface area contributed by atoms with E-state index in [4.69, 9.17) is 5.73 Å². The predicted octanol–water partition coefficient (Wildman–Crippen LogP) is 3.61. The Kier molecular flexibility index (Phi) is 5.03. The van der Waals surface area contributed by atoms with Crippen LogP contribution in [0.25, 0.3) is 0 Å². The minimum absolute atomic E-state index is 0.0982. The van der Waals surface area contributed by atoms with Crippen molar-refractivity contribution >= 4 is 21.6 Å². The molecule has 0 amide bonds. The number of benzene rings is 2. The Morgan fingerprint density at radius 1 is 1.19 bits per heavy atom. The molecule has 0 saturated carbocycles. The van der Waals surface area contributed by atoms with Crippen LogP contribution in [0.2, 0.25) is 0 Å². The van der Waals surface area contributed by atoms with E-state index in [0.29, 0.717) is 12.0 Å². The minimum Gasteiger partial charge on any atom is -0.327 e. The maximum absolute atomic E-state index is 13.3. The highest BCUT2D eigenvalue weighted by Gasteiger charge is 2.17. The quantitative estimate of drug-likeness (QED) is 0.660. The van der Waals surface area contributed by atoms with E-state index in [9.17, 15) is 14.5 Å². The van der Waals surface area contributed by atoms with Gasteiger partial charge in [0.1, 0.15) is 5.82 Å². The Labute approximate surface area is 130 Å². The molecule has 0 heterocycles. The van der Waals surface area contributed by atoms with Gasteiger partial charge in [-0.15, -0.1) is 0 Å². The summed E-state index contributed by atoms with van der Waals surface area (Å²) in [6.07, 6.45) is 0.796. The number of nitro groups is 1. The smallest absolute Gasteiger partial charge is 0.272 e. The lowest BCUT2D eigenvalue weighted by Gasteiger charge is -2.13. The number of rotatable bonds is 5. The molecule has 0 aliphatic carbocycles. The first kappa shape index (κ1) is 15.6. The molecule has 2 N–H and O–H groups in total. The topological polar surface area (TPSA) is 69.2 Å². The molecular formula is C15H14BrFN2O2. The number of nitro benzene ring substituents is 1. The molecule has 1 unspecified atom stereocenters. The molecular weight excluding hydrogens is 339 g/mol. The lowest BCUT2D eigenvalue weighted by molar-refractivity contribution is -0.385. The monoisotopic (exact) mass is 352 g/mol. The summed E-state index contributed by atoms with van der Waals surface area (Å²) in [5, 5.41) is 11.0. The van der Waals surface area contributed by atoms with Crippen molar-refractivity contribution in [3.8, 4) is 0 Å². The molecule has 0 aromatic heterocycles. The summed E-state index contributed by atoms with van der Waals surface area (Å²) in [5.74, 6) is -0.497. The predicted molar refractivity (Wildman–Crippen MR) is 82.6 cm³/mol. The largest absolute Gasteiger partial charge is 0.327 e. The van der Waals surface area contributed by atoms with Crippen molar-refractivity contribution in [1.82, 2.24) is 0 Å². The van der Waals surface area contributed by atoms with Gasteiger partial charge in [0.2, 0.25) is 0 Å². The number of nitrogens with two attached hydrogens (primary N) is 1. The Balaban J connectivity index is 2.16. The number of halogens is 2. The van der Waals surface area contributed by atoms with Gasteiger partial charge in [-0.3, -0.25) is 10.1 Å². The van der Waals surface area contributed by atoms with Crippen LogP contribution < -0.4 is 5.73 Å². The molecule has 2 aromatic carbocycles. The van der Waals surface area contributed by atoms with Crippen LogP contribution in [0, 0.1) is 15.9 Å². The number of hydrogen-bond acceptors (Lipinski definition) is 3. The third-order valence-electron chi connectivity index (χ3n) is 3.16. The van der Waals surface area contributed by atoms with Gasteiger partial charge in [-0.2, -0.15) is 0 Å². The summed E-state index contributed by atoms with van der Waals surface area (Å²) < 4.78 is 14.2. The number of hydrogen-bond donors (Lipinski definition) is 1. The molecule has 110 valence electrons. The molecule has 4 nitrogen and oxygen atoms in total. The summed E-state index contributed by atoms with van der Waals surface area (Å²) >= 11 is 3.44. The normalized spacial score (nSPS) is 12.1. The van der Waals surface area contributed by atoms with E-state index in [0.717, 1.165) is 16.1 Å². The lowest BCUT2D eigenvalue weighted by atomic mass is 9.98. The van der Waals surface area contributed by atoms with Gasteiger partial charge in [0.05, 0.1) is 4.92 Å². The molecule has 0 spiro atoms. The van der Waals surface area contributed by atoms with Crippen LogP contribution in [0.1, 0.15) is 11.1 Å². The van der Waals surface area contributed by atoms with Gasteiger partial charge < -0.3 is 5.73 Å². The van der Waals surface area contributed by atoms with Gasteiger partial charge in [-0.05, 0) is 36.6 Å². The third-order valence-corrected chi connectivity index (χ3v) is 3.93. The second-order valence-corrected chi connectivity index (χ2v) is 5.64. The molecule has 0 saturated heterocycles. The van der Waals surface area contributed by atoms with Crippen molar-refractivity contribution in [2.24, 2.45) is 5.73 Å². The summed E-state index contributed by atoms with van der Waals surface area (Å²) in [6, 6.07) is 10.8. The standard InChI is InChI=1S/C15H14BrFN2O2/c16-14-4-2-1-3-10(14)8-13(18)9-11-7-12(17)5-6-15(11)19(20)21/h1-7,13H,8-9,18H2. The van der Waals surface area contributed by atoms with Gasteiger partial charge in [0, 0.05) is 22.1 Å². The average molecular weight is 353 g/mol. The van der Waals surface area contributed by atoms with Crippen LogP contribution in [0.5, 0.6) is 0 Å². The van der Waals surface area contributed by atoms with E-state index in [-0.39, 0.29) is 18.2 Å². The molecule has 2 aromatic rings. The minimum atomic E-state index is -0.514. The van der Waals surface area contributed by atoms with E-state index in [2.05, 4.69) is 15.9 Å². The van der Waals surface area contributed by atoms with Crippen LogP contribution in [-0.4, -0.2) is 11.0 Å². The Bertz CT molecular complexity index is 664. The summed E-state index contributed by atoms with van der Waals surface area (Å²) in [4.78, 5) is 10.4. The lowest BCUT2D eigenvalue weighted by Crippen LogP contribution is -2.26. The molecule has 6 heteroatoms. The maximum atomic E-state index is 13.3. The molecule has 0 fully saturated rings. The van der Waals surface area contributed by atoms with E-state index in [1.165, 1.54) is 12.1 Å². The van der Waals surface area contributed by atoms with Crippen molar-refractivity contribution < 1.29 is 9.31 Å². The summed E-state index contributed by atoms with van der Waals surface area (Å²) in [6.45, 7) is 0. The fraction of sp³-hybridized carbons (Fsp3) is 0.200. The van der Waals surface area contributed by atoms with Crippen molar-refractivity contribution in [1.29, 1.82) is 0 Å². The SMILES string of the molecule is NC(Cc1ccccc1Br)Cc1cc(F)ccc1[N+](=O)[O-]. The molecule has 2 rings (SSSR count). The van der Waals surface area contributed by atoms with Gasteiger partial charge in [-0.25, -0.2) is 4.39 Å². The first-order valence-corrected chi connectivity index (χ1v) is 7.18. The summed E-state index contributed by atoms with van der Waals surface area (Å²) in [5.41, 5.74) is 7.30. The molecule has 0 bridgehead atoms. The van der Waals surface area contributed by atoms with Crippen LogP contribution in [0.15, 0.2) is 46.9 Å². The Morgan fingerprint density at radius 2 is 1.86 bits per heavy atom. The molecule has 0 radical (unpaired) electrons. The highest BCUT2D eigenvalue weighted by molar-refractivity contribution is 9.10. The van der Waals surface area contributed by atoms with Gasteiger partial charge in [0.25, 0.3) is 5.69 Å². The third kappa shape index (κ3) is 4.09. The fourth-order valence-corrected chi connectivity index (χ4v) is 2.64. The first-order chi connectivity index (χ1) is 9.97. The van der Waals surface area contributed by atoms with Crippen molar-refractivity contribution in [2.75, 3.05) is 0 Å². The Hall–Kier alpha value is -1.79. The maximum Gasteiger partial charge on any atom is 0.272 e. The van der Waals surface area contributed by atoms with Gasteiger partial charge in [-0.1, -0.05) is 34.1 Å². The number of nitrogens with zero attached hydrogens (tertiary/aromatic N) is 1. The van der Waals surface area contributed by atoms with E-state index >= 15 is 0 Å². The molecule has 1 atom stereocenters. The second kappa shape index (κ2) is 6.78. The molecule has 21 heavy (non-hydrogen) atoms. The fourth-order valence-electron chi connectivity index (χ4n) is 2.20. The highest BCUT2D eigenvalue weighted by Crippen LogP contribution is 2.23. The first-order valence-electron chi connectivity index (χ1n) is 6.39. The van der Waals surface area contributed by atoms with E-state index < -0.39 is 10.7 Å². The van der Waals surface area contributed by atoms with E-state index in [1.54, 1.807) is 0 Å². The Morgan fingerprint density at radius 3 is 2.52 bits per heavy atom. The second-order valence-electron chi connectivity index (χ2n) is 4.79. The van der Waals surface area contributed by atoms with Crippen LogP contribution in [-0.2, 0) is 12.8 Å². The van der Waals surface area contributed by atoms with Gasteiger partial charge >= 0.3 is 0 Å². The molecule has 0 aliphatic rings. The van der Waals surface area contributed by atoms with Gasteiger partial charge in [0.15, 0.2) is 0 Å². The van der Waals surface area contributed by atoms with Crippen molar-refractivity contribution in [2.45, 2.75) is 18.9 Å². The van der Waals surface area contributed by atoms with Crippen molar-refractivity contribution in [3.05, 3.63) is 74.0 Å². The zero-order valence-electron chi connectivity index (χ0n) is 11.1. The zero-order chi connectivity index (χ0) is 15.4. The van der Waals surface area contributed by atoms with Crippen LogP contribution >= 0.6 is 15.9 Å². The van der Waals surface area contributed by atoms with Crippen molar-refractivity contribution in [3.63, 3.8) is 0 Å². The van der Waals surface area contributed by atoms with Crippen LogP contribution in [0.4, 0.5) is 10.1 Å². The average Bonchev–Trinajstić information content (AvgIpc) is 2.41. The zero-order valence-corrected chi connectivity index (χ0v) is 12.7.